The first-order valence-corrected chi connectivity index (χ1v) is 9.10. The zero-order valence-electron chi connectivity index (χ0n) is 14.6. The third-order valence-corrected chi connectivity index (χ3v) is 5.41. The summed E-state index contributed by atoms with van der Waals surface area (Å²) >= 11 is 0. The maximum atomic E-state index is 6.19. The molecular formula is C24H15BN2. The lowest BCUT2D eigenvalue weighted by molar-refractivity contribution is 1.11. The Hall–Kier alpha value is -3.46. The minimum atomic E-state index is 0.766. The molecule has 0 amide bonds. The maximum Gasteiger partial charge on any atom is 0.113 e. The van der Waals surface area contributed by atoms with Gasteiger partial charge in [0, 0.05) is 16.5 Å². The monoisotopic (exact) mass is 342 g/mol. The largest absolute Gasteiger partial charge is 0.306 e. The molecule has 3 heteroatoms. The van der Waals surface area contributed by atoms with E-state index in [1.807, 2.05) is 12.1 Å². The molecule has 1 aromatic heterocycles. The molecule has 4 aromatic carbocycles. The molecule has 0 fully saturated rings. The zero-order chi connectivity index (χ0) is 18.0. The topological polar surface area (TPSA) is 8.17 Å². The lowest BCUT2D eigenvalue weighted by atomic mass is 9.94. The SMILES string of the molecule is [B]c1ccc2c(c1)N(c1ccccc1)c1cccc3c4ccccc4n-2c13. The minimum Gasteiger partial charge on any atom is -0.306 e. The lowest BCUT2D eigenvalue weighted by Gasteiger charge is -2.33. The molecule has 6 rings (SSSR count). The molecule has 2 heterocycles. The van der Waals surface area contributed by atoms with Crippen LogP contribution in [0.5, 0.6) is 0 Å². The molecule has 0 atom stereocenters. The highest BCUT2D eigenvalue weighted by molar-refractivity contribution is 6.33. The Balaban J connectivity index is 1.85. The van der Waals surface area contributed by atoms with E-state index in [0.717, 1.165) is 22.5 Å². The van der Waals surface area contributed by atoms with Crippen molar-refractivity contribution >= 4 is 52.2 Å². The first-order valence-electron chi connectivity index (χ1n) is 9.10. The van der Waals surface area contributed by atoms with Crippen LogP contribution in [0.15, 0.2) is 91.0 Å². The molecule has 2 radical (unpaired) electrons. The van der Waals surface area contributed by atoms with Gasteiger partial charge in [0.05, 0.1) is 28.1 Å². The summed E-state index contributed by atoms with van der Waals surface area (Å²) in [4.78, 5) is 2.31. The van der Waals surface area contributed by atoms with Crippen molar-refractivity contribution < 1.29 is 0 Å². The molecule has 0 aliphatic carbocycles. The molecule has 27 heavy (non-hydrogen) atoms. The lowest BCUT2D eigenvalue weighted by Crippen LogP contribution is -2.20. The van der Waals surface area contributed by atoms with Gasteiger partial charge in [-0.3, -0.25) is 0 Å². The van der Waals surface area contributed by atoms with E-state index in [-0.39, 0.29) is 0 Å². The highest BCUT2D eigenvalue weighted by Gasteiger charge is 2.27. The number of benzene rings is 4. The Bertz CT molecular complexity index is 1340. The number of anilines is 3. The van der Waals surface area contributed by atoms with Crippen molar-refractivity contribution in [1.29, 1.82) is 0 Å². The van der Waals surface area contributed by atoms with Crippen molar-refractivity contribution in [2.24, 2.45) is 0 Å². The van der Waals surface area contributed by atoms with Crippen LogP contribution in [0.1, 0.15) is 0 Å². The fourth-order valence-corrected chi connectivity index (χ4v) is 4.32. The third-order valence-electron chi connectivity index (χ3n) is 5.41. The molecule has 0 saturated carbocycles. The average molecular weight is 342 g/mol. The maximum absolute atomic E-state index is 6.19. The summed E-state index contributed by atoms with van der Waals surface area (Å²) in [5, 5.41) is 2.54. The zero-order valence-corrected chi connectivity index (χ0v) is 14.6. The van der Waals surface area contributed by atoms with E-state index in [1.54, 1.807) is 0 Å². The molecule has 0 spiro atoms. The number of fused-ring (bicyclic) bond motifs is 5. The van der Waals surface area contributed by atoms with Crippen LogP contribution in [0.3, 0.4) is 0 Å². The predicted octanol–water partition coefficient (Wildman–Crippen LogP) is 5.36. The average Bonchev–Trinajstić information content (AvgIpc) is 3.05. The Morgan fingerprint density at radius 1 is 0.593 bits per heavy atom. The Morgan fingerprint density at radius 3 is 2.26 bits per heavy atom. The van der Waals surface area contributed by atoms with Crippen LogP contribution in [0.25, 0.3) is 27.5 Å². The summed E-state index contributed by atoms with van der Waals surface area (Å²) in [6, 6.07) is 31.8. The van der Waals surface area contributed by atoms with E-state index in [4.69, 9.17) is 7.85 Å². The number of para-hydroxylation sites is 3. The number of rotatable bonds is 1. The van der Waals surface area contributed by atoms with E-state index in [2.05, 4.69) is 88.3 Å². The molecule has 0 unspecified atom stereocenters. The fourth-order valence-electron chi connectivity index (χ4n) is 4.32. The summed E-state index contributed by atoms with van der Waals surface area (Å²) in [6.07, 6.45) is 0. The Kier molecular flexibility index (Phi) is 2.87. The first kappa shape index (κ1) is 14.7. The van der Waals surface area contributed by atoms with Crippen LogP contribution >= 0.6 is 0 Å². The van der Waals surface area contributed by atoms with Crippen LogP contribution in [0, 0.1) is 0 Å². The van der Waals surface area contributed by atoms with Gasteiger partial charge in [-0.05, 0) is 36.4 Å². The van der Waals surface area contributed by atoms with E-state index in [9.17, 15) is 0 Å². The van der Waals surface area contributed by atoms with Gasteiger partial charge in [-0.15, -0.1) is 0 Å². The Morgan fingerprint density at radius 2 is 1.37 bits per heavy atom. The number of aromatic nitrogens is 1. The molecular weight excluding hydrogens is 327 g/mol. The second-order valence-corrected chi connectivity index (χ2v) is 6.94. The second kappa shape index (κ2) is 5.27. The summed E-state index contributed by atoms with van der Waals surface area (Å²) in [7, 11) is 6.19. The number of nitrogens with zero attached hydrogens (tertiary/aromatic N) is 2. The quantitative estimate of drug-likeness (QED) is 0.365. The van der Waals surface area contributed by atoms with Crippen molar-refractivity contribution in [2.45, 2.75) is 0 Å². The van der Waals surface area contributed by atoms with Gasteiger partial charge in [0.2, 0.25) is 0 Å². The standard InChI is InChI=1S/C24H15BN2/c25-16-13-14-21-23(15-16)26(17-7-2-1-3-8-17)22-12-6-10-19-18-9-4-5-11-20(18)27(21)24(19)22/h1-15H. The molecule has 0 N–H and O–H groups in total. The van der Waals surface area contributed by atoms with Gasteiger partial charge in [0.25, 0.3) is 0 Å². The van der Waals surface area contributed by atoms with Crippen LogP contribution in [-0.4, -0.2) is 12.4 Å². The van der Waals surface area contributed by atoms with Crippen LogP contribution in [0.2, 0.25) is 0 Å². The van der Waals surface area contributed by atoms with Crippen molar-refractivity contribution in [3.05, 3.63) is 91.0 Å². The summed E-state index contributed by atoms with van der Waals surface area (Å²) in [5.74, 6) is 0. The van der Waals surface area contributed by atoms with Crippen LogP contribution in [-0.2, 0) is 0 Å². The highest BCUT2D eigenvalue weighted by Crippen LogP contribution is 2.48. The fraction of sp³-hybridized carbons (Fsp3) is 0. The summed E-state index contributed by atoms with van der Waals surface area (Å²) < 4.78 is 2.37. The minimum absolute atomic E-state index is 0.766. The van der Waals surface area contributed by atoms with E-state index >= 15 is 0 Å². The number of hydrogen-bond acceptors (Lipinski definition) is 1. The van der Waals surface area contributed by atoms with Gasteiger partial charge in [-0.1, -0.05) is 60.1 Å². The van der Waals surface area contributed by atoms with Crippen LogP contribution < -0.4 is 10.4 Å². The predicted molar refractivity (Wildman–Crippen MR) is 114 cm³/mol. The smallest absolute Gasteiger partial charge is 0.113 e. The second-order valence-electron chi connectivity index (χ2n) is 6.94. The Labute approximate surface area is 158 Å². The van der Waals surface area contributed by atoms with E-state index < -0.39 is 0 Å². The van der Waals surface area contributed by atoms with Gasteiger partial charge >= 0.3 is 0 Å². The normalized spacial score (nSPS) is 12.5. The third kappa shape index (κ3) is 1.91. The van der Waals surface area contributed by atoms with Crippen molar-refractivity contribution in [2.75, 3.05) is 4.90 Å². The van der Waals surface area contributed by atoms with Gasteiger partial charge < -0.3 is 9.47 Å². The molecule has 0 bridgehead atoms. The first-order chi connectivity index (χ1) is 13.3. The number of hydrogen-bond donors (Lipinski definition) is 0. The van der Waals surface area contributed by atoms with E-state index in [1.165, 1.54) is 27.5 Å². The molecule has 124 valence electrons. The van der Waals surface area contributed by atoms with Gasteiger partial charge in [-0.2, -0.15) is 0 Å². The molecule has 5 aromatic rings. The molecule has 1 aliphatic heterocycles. The van der Waals surface area contributed by atoms with Gasteiger partial charge in [0.15, 0.2) is 0 Å². The van der Waals surface area contributed by atoms with Crippen molar-refractivity contribution in [1.82, 2.24) is 4.57 Å². The van der Waals surface area contributed by atoms with Crippen molar-refractivity contribution in [3.63, 3.8) is 0 Å². The highest BCUT2D eigenvalue weighted by atomic mass is 15.2. The van der Waals surface area contributed by atoms with Crippen molar-refractivity contribution in [3.8, 4) is 5.69 Å². The molecule has 2 nitrogen and oxygen atoms in total. The molecule has 1 aliphatic rings. The van der Waals surface area contributed by atoms with E-state index in [0.29, 0.717) is 0 Å². The van der Waals surface area contributed by atoms with Crippen LogP contribution in [0.4, 0.5) is 17.1 Å². The summed E-state index contributed by atoms with van der Waals surface area (Å²) in [5.41, 5.74) is 7.78. The molecule has 0 saturated heterocycles. The summed E-state index contributed by atoms with van der Waals surface area (Å²) in [6.45, 7) is 0. The van der Waals surface area contributed by atoms with Gasteiger partial charge in [-0.25, -0.2) is 0 Å². The van der Waals surface area contributed by atoms with Gasteiger partial charge in [0.1, 0.15) is 7.85 Å².